The van der Waals surface area contributed by atoms with Gasteiger partial charge in [-0.05, 0) is 42.5 Å². The minimum absolute atomic E-state index is 0.288. The van der Waals surface area contributed by atoms with E-state index in [0.29, 0.717) is 18.6 Å². The zero-order valence-electron chi connectivity index (χ0n) is 12.4. The van der Waals surface area contributed by atoms with Crippen LogP contribution in [0.5, 0.6) is 0 Å². The van der Waals surface area contributed by atoms with Gasteiger partial charge in [-0.3, -0.25) is 14.5 Å². The molecule has 0 saturated heterocycles. The maximum Gasteiger partial charge on any atom is 0.338 e. The van der Waals surface area contributed by atoms with Crippen molar-refractivity contribution < 1.29 is 19.1 Å². The topological polar surface area (TPSA) is 63.7 Å². The van der Waals surface area contributed by atoms with E-state index in [0.717, 1.165) is 24.0 Å². The van der Waals surface area contributed by atoms with Gasteiger partial charge in [-0.15, -0.1) is 0 Å². The van der Waals surface area contributed by atoms with Crippen LogP contribution in [0.1, 0.15) is 47.3 Å². The summed E-state index contributed by atoms with van der Waals surface area (Å²) in [5, 5.41) is 0. The molecule has 2 amide bonds. The molecule has 114 valence electrons. The van der Waals surface area contributed by atoms with Crippen molar-refractivity contribution in [2.45, 2.75) is 32.2 Å². The summed E-state index contributed by atoms with van der Waals surface area (Å²) < 4.78 is 5.14. The van der Waals surface area contributed by atoms with Gasteiger partial charge in [-0.25, -0.2) is 4.79 Å². The number of benzene rings is 1. The molecule has 0 aromatic heterocycles. The van der Waals surface area contributed by atoms with Crippen molar-refractivity contribution in [3.8, 4) is 0 Å². The highest BCUT2D eigenvalue weighted by atomic mass is 16.5. The van der Waals surface area contributed by atoms with Crippen molar-refractivity contribution in [2.24, 2.45) is 0 Å². The van der Waals surface area contributed by atoms with E-state index in [1.165, 1.54) is 17.1 Å². The van der Waals surface area contributed by atoms with Gasteiger partial charge in [0.25, 0.3) is 11.8 Å². The first-order valence-corrected chi connectivity index (χ1v) is 7.47. The predicted octanol–water partition coefficient (Wildman–Crippen LogP) is 2.17. The third-order valence-electron chi connectivity index (χ3n) is 4.02. The Morgan fingerprint density at radius 2 is 2.00 bits per heavy atom. The van der Waals surface area contributed by atoms with E-state index in [9.17, 15) is 14.4 Å². The van der Waals surface area contributed by atoms with Crippen LogP contribution in [-0.4, -0.2) is 29.3 Å². The molecule has 1 aromatic carbocycles. The molecule has 0 radical (unpaired) electrons. The number of carbonyl (C=O) groups is 3. The van der Waals surface area contributed by atoms with Crippen LogP contribution in [0.2, 0.25) is 0 Å². The highest BCUT2D eigenvalue weighted by molar-refractivity contribution is 6.13. The Morgan fingerprint density at radius 3 is 2.68 bits per heavy atom. The lowest BCUT2D eigenvalue weighted by molar-refractivity contribution is -0.139. The highest BCUT2D eigenvalue weighted by Crippen LogP contribution is 2.37. The molecule has 22 heavy (non-hydrogen) atoms. The zero-order chi connectivity index (χ0) is 15.7. The Bertz CT molecular complexity index is 659. The number of hydrogen-bond donors (Lipinski definition) is 0. The van der Waals surface area contributed by atoms with Gasteiger partial charge in [0.1, 0.15) is 0 Å². The molecule has 1 aromatic rings. The number of amides is 2. The fourth-order valence-corrected chi connectivity index (χ4v) is 2.97. The van der Waals surface area contributed by atoms with Gasteiger partial charge >= 0.3 is 5.97 Å². The fourth-order valence-electron chi connectivity index (χ4n) is 2.97. The number of imide groups is 1. The van der Waals surface area contributed by atoms with Crippen LogP contribution in [0.3, 0.4) is 0 Å². The van der Waals surface area contributed by atoms with Crippen molar-refractivity contribution in [1.82, 2.24) is 4.90 Å². The Labute approximate surface area is 128 Å². The number of hydrogen-bond acceptors (Lipinski definition) is 4. The number of nitrogens with zero attached hydrogens (tertiary/aromatic N) is 1. The lowest BCUT2D eigenvalue weighted by Gasteiger charge is -2.23. The SMILES string of the molecule is CCCOC(=O)c1ccc2c(c1)[C@@H](N1C(=O)C=CC1=O)CC2. The molecular formula is C17H17NO4. The van der Waals surface area contributed by atoms with E-state index in [2.05, 4.69) is 0 Å². The van der Waals surface area contributed by atoms with Gasteiger partial charge < -0.3 is 4.74 Å². The van der Waals surface area contributed by atoms with Crippen molar-refractivity contribution in [3.63, 3.8) is 0 Å². The lowest BCUT2D eigenvalue weighted by atomic mass is 10.0. The van der Waals surface area contributed by atoms with E-state index in [1.807, 2.05) is 13.0 Å². The first kappa shape index (κ1) is 14.5. The van der Waals surface area contributed by atoms with Gasteiger partial charge in [-0.2, -0.15) is 0 Å². The first-order chi connectivity index (χ1) is 10.6. The first-order valence-electron chi connectivity index (χ1n) is 7.47. The molecule has 0 N–H and O–H groups in total. The van der Waals surface area contributed by atoms with Crippen LogP contribution in [-0.2, 0) is 20.7 Å². The van der Waals surface area contributed by atoms with E-state index in [-0.39, 0.29) is 23.8 Å². The number of ether oxygens (including phenoxy) is 1. The number of rotatable bonds is 4. The van der Waals surface area contributed by atoms with Crippen molar-refractivity contribution in [2.75, 3.05) is 6.61 Å². The second-order valence-corrected chi connectivity index (χ2v) is 5.48. The maximum absolute atomic E-state index is 12.0. The van der Waals surface area contributed by atoms with E-state index in [1.54, 1.807) is 12.1 Å². The smallest absolute Gasteiger partial charge is 0.338 e. The molecule has 1 atom stereocenters. The molecule has 0 fully saturated rings. The summed E-state index contributed by atoms with van der Waals surface area (Å²) >= 11 is 0. The van der Waals surface area contributed by atoms with Crippen molar-refractivity contribution in [1.29, 1.82) is 0 Å². The Morgan fingerprint density at radius 1 is 1.27 bits per heavy atom. The molecule has 0 unspecified atom stereocenters. The van der Waals surface area contributed by atoms with Crippen LogP contribution in [0.25, 0.3) is 0 Å². The molecule has 1 heterocycles. The molecule has 2 aliphatic rings. The Hall–Kier alpha value is -2.43. The molecule has 5 heteroatoms. The third kappa shape index (κ3) is 2.43. The second-order valence-electron chi connectivity index (χ2n) is 5.48. The fraction of sp³-hybridized carbons (Fsp3) is 0.353. The van der Waals surface area contributed by atoms with Crippen LogP contribution in [0.15, 0.2) is 30.4 Å². The summed E-state index contributed by atoms with van der Waals surface area (Å²) in [7, 11) is 0. The highest BCUT2D eigenvalue weighted by Gasteiger charge is 2.36. The third-order valence-corrected chi connectivity index (χ3v) is 4.02. The lowest BCUT2D eigenvalue weighted by Crippen LogP contribution is -2.33. The quantitative estimate of drug-likeness (QED) is 0.631. The number of carbonyl (C=O) groups excluding carboxylic acids is 3. The van der Waals surface area contributed by atoms with Gasteiger partial charge in [0.15, 0.2) is 0 Å². The van der Waals surface area contributed by atoms with E-state index >= 15 is 0 Å². The minimum Gasteiger partial charge on any atom is -0.462 e. The molecule has 0 saturated carbocycles. The van der Waals surface area contributed by atoms with Gasteiger partial charge in [-0.1, -0.05) is 13.0 Å². The monoisotopic (exact) mass is 299 g/mol. The molecule has 0 bridgehead atoms. The largest absolute Gasteiger partial charge is 0.462 e. The Kier molecular flexibility index (Phi) is 3.79. The average Bonchev–Trinajstić information content (AvgIpc) is 3.07. The number of esters is 1. The van der Waals surface area contributed by atoms with Gasteiger partial charge in [0.05, 0.1) is 18.2 Å². The van der Waals surface area contributed by atoms with Crippen LogP contribution >= 0.6 is 0 Å². The van der Waals surface area contributed by atoms with Crippen molar-refractivity contribution >= 4 is 17.8 Å². The van der Waals surface area contributed by atoms with Gasteiger partial charge in [0.2, 0.25) is 0 Å². The summed E-state index contributed by atoms with van der Waals surface area (Å²) in [5.41, 5.74) is 2.41. The summed E-state index contributed by atoms with van der Waals surface area (Å²) in [5.74, 6) is -0.948. The number of aryl methyl sites for hydroxylation is 1. The molecule has 3 rings (SSSR count). The van der Waals surface area contributed by atoms with Crippen LogP contribution in [0.4, 0.5) is 0 Å². The van der Waals surface area contributed by atoms with Crippen molar-refractivity contribution in [3.05, 3.63) is 47.0 Å². The molecule has 5 nitrogen and oxygen atoms in total. The van der Waals surface area contributed by atoms with Gasteiger partial charge in [0, 0.05) is 12.2 Å². The summed E-state index contributed by atoms with van der Waals surface area (Å²) in [6.07, 6.45) is 4.84. The van der Waals surface area contributed by atoms with E-state index in [4.69, 9.17) is 4.74 Å². The standard InChI is InChI=1S/C17H17NO4/c1-2-9-22-17(21)12-4-3-11-5-6-14(13(11)10-12)18-15(19)7-8-16(18)20/h3-4,7-8,10,14H,2,5-6,9H2,1H3/t14-/m0/s1. The second kappa shape index (κ2) is 5.75. The molecule has 0 spiro atoms. The summed E-state index contributed by atoms with van der Waals surface area (Å²) in [6, 6.07) is 5.09. The predicted molar refractivity (Wildman–Crippen MR) is 79.1 cm³/mol. The number of fused-ring (bicyclic) bond motifs is 1. The van der Waals surface area contributed by atoms with E-state index < -0.39 is 0 Å². The Balaban J connectivity index is 1.88. The summed E-state index contributed by atoms with van der Waals surface area (Å²) in [6.45, 7) is 2.32. The molecular weight excluding hydrogens is 282 g/mol. The maximum atomic E-state index is 12.0. The normalized spacial score (nSPS) is 19.7. The van der Waals surface area contributed by atoms with Crippen LogP contribution in [0, 0.1) is 0 Å². The zero-order valence-corrected chi connectivity index (χ0v) is 12.4. The average molecular weight is 299 g/mol. The summed E-state index contributed by atoms with van der Waals surface area (Å²) in [4.78, 5) is 37.0. The molecule has 1 aliphatic heterocycles. The van der Waals surface area contributed by atoms with Crippen LogP contribution < -0.4 is 0 Å². The minimum atomic E-state index is -0.368. The molecule has 1 aliphatic carbocycles.